The van der Waals surface area contributed by atoms with E-state index in [-0.39, 0.29) is 11.4 Å². The lowest BCUT2D eigenvalue weighted by Crippen LogP contribution is -2.30. The zero-order valence-electron chi connectivity index (χ0n) is 14.4. The van der Waals surface area contributed by atoms with Crippen LogP contribution in [0.25, 0.3) is 17.4 Å². The number of nitro benzene ring substituents is 1. The van der Waals surface area contributed by atoms with E-state index < -0.39 is 16.9 Å². The van der Waals surface area contributed by atoms with E-state index in [2.05, 4.69) is 5.32 Å². The van der Waals surface area contributed by atoms with Gasteiger partial charge in [-0.25, -0.2) is 9.69 Å². The van der Waals surface area contributed by atoms with Crippen molar-refractivity contribution in [1.29, 1.82) is 0 Å². The second-order valence-electron chi connectivity index (χ2n) is 5.97. The van der Waals surface area contributed by atoms with E-state index in [1.165, 1.54) is 18.2 Å². The first-order chi connectivity index (χ1) is 13.5. The maximum Gasteiger partial charge on any atom is 0.333 e. The number of benzene rings is 2. The van der Waals surface area contributed by atoms with E-state index >= 15 is 0 Å². The van der Waals surface area contributed by atoms with Crippen molar-refractivity contribution in [2.24, 2.45) is 0 Å². The number of carbonyl (C=O) groups excluding carboxylic acids is 2. The largest absolute Gasteiger partial charge is 0.457 e. The first-order valence-corrected chi connectivity index (χ1v) is 8.30. The Bertz CT molecular complexity index is 1120. The highest BCUT2D eigenvalue weighted by atomic mass is 16.6. The number of nitrogens with zero attached hydrogens (tertiary/aromatic N) is 2. The molecule has 4 rings (SSSR count). The highest BCUT2D eigenvalue weighted by molar-refractivity contribution is 6.28. The molecule has 1 fully saturated rings. The van der Waals surface area contributed by atoms with Gasteiger partial charge in [0.1, 0.15) is 17.2 Å². The Hall–Kier alpha value is -4.20. The fraction of sp³-hybridized carbons (Fsp3) is 0. The summed E-state index contributed by atoms with van der Waals surface area (Å²) in [6, 6.07) is 17.3. The number of hydrogen-bond acceptors (Lipinski definition) is 5. The van der Waals surface area contributed by atoms with Gasteiger partial charge in [0, 0.05) is 23.8 Å². The van der Waals surface area contributed by atoms with Crippen LogP contribution >= 0.6 is 0 Å². The van der Waals surface area contributed by atoms with Crippen molar-refractivity contribution >= 4 is 29.4 Å². The van der Waals surface area contributed by atoms with Crippen LogP contribution in [0.15, 0.2) is 76.8 Å². The van der Waals surface area contributed by atoms with Crippen LogP contribution in [0.2, 0.25) is 0 Å². The third-order valence-corrected chi connectivity index (χ3v) is 4.15. The van der Waals surface area contributed by atoms with E-state index in [1.807, 2.05) is 0 Å². The molecule has 28 heavy (non-hydrogen) atoms. The molecule has 3 aromatic rings. The molecule has 1 aliphatic heterocycles. The summed E-state index contributed by atoms with van der Waals surface area (Å²) in [6.45, 7) is 0. The summed E-state index contributed by atoms with van der Waals surface area (Å²) in [6.07, 6.45) is 1.42. The molecule has 0 aliphatic carbocycles. The SMILES string of the molecule is O=C1N/C(=C/c2ccc(-c3cccc([N+](=O)[O-])c3)o2)C(=O)N1c1ccccc1. The molecule has 1 saturated heterocycles. The number of amides is 3. The standard InChI is InChI=1S/C20H13N3O5/c24-19-17(21-20(25)22(19)14-6-2-1-3-7-14)12-16-9-10-18(28-16)13-5-4-8-15(11-13)23(26)27/h1-12H,(H,21,25)/b17-12+. The molecule has 0 bridgehead atoms. The maximum absolute atomic E-state index is 12.6. The molecule has 0 atom stereocenters. The summed E-state index contributed by atoms with van der Waals surface area (Å²) in [5, 5.41) is 13.4. The molecule has 8 heteroatoms. The monoisotopic (exact) mass is 375 g/mol. The Labute approximate surface area is 158 Å². The third-order valence-electron chi connectivity index (χ3n) is 4.15. The average molecular weight is 375 g/mol. The average Bonchev–Trinajstić information content (AvgIpc) is 3.27. The number of furan rings is 1. The van der Waals surface area contributed by atoms with E-state index in [0.29, 0.717) is 22.8 Å². The molecule has 8 nitrogen and oxygen atoms in total. The topological polar surface area (TPSA) is 106 Å². The highest BCUT2D eigenvalue weighted by Gasteiger charge is 2.34. The minimum absolute atomic E-state index is 0.0504. The van der Waals surface area contributed by atoms with Crippen molar-refractivity contribution in [1.82, 2.24) is 5.32 Å². The summed E-state index contributed by atoms with van der Waals surface area (Å²) in [5.41, 5.74) is 1.02. The van der Waals surface area contributed by atoms with Gasteiger partial charge in [-0.1, -0.05) is 30.3 Å². The number of hydrogen-bond donors (Lipinski definition) is 1. The van der Waals surface area contributed by atoms with E-state index in [1.54, 1.807) is 54.6 Å². The summed E-state index contributed by atoms with van der Waals surface area (Å²) >= 11 is 0. The van der Waals surface area contributed by atoms with Crippen LogP contribution in [0.4, 0.5) is 16.2 Å². The molecule has 0 spiro atoms. The third kappa shape index (κ3) is 3.14. The van der Waals surface area contributed by atoms with Gasteiger partial charge in [0.15, 0.2) is 0 Å². The second-order valence-corrected chi connectivity index (χ2v) is 5.97. The van der Waals surface area contributed by atoms with Gasteiger partial charge in [-0.05, 0) is 24.3 Å². The summed E-state index contributed by atoms with van der Waals surface area (Å²) in [7, 11) is 0. The molecule has 3 amide bonds. The number of urea groups is 1. The van der Waals surface area contributed by atoms with Crippen molar-refractivity contribution in [3.63, 3.8) is 0 Å². The Morgan fingerprint density at radius 1 is 1.00 bits per heavy atom. The molecule has 0 saturated carbocycles. The fourth-order valence-electron chi connectivity index (χ4n) is 2.85. The number of imide groups is 1. The second kappa shape index (κ2) is 6.84. The van der Waals surface area contributed by atoms with Crippen molar-refractivity contribution in [3.05, 3.63) is 88.3 Å². The number of rotatable bonds is 4. The Balaban J connectivity index is 1.61. The van der Waals surface area contributed by atoms with Crippen molar-refractivity contribution in [2.75, 3.05) is 4.90 Å². The predicted molar refractivity (Wildman–Crippen MR) is 101 cm³/mol. The number of nitro groups is 1. The number of para-hydroxylation sites is 1. The van der Waals surface area contributed by atoms with Gasteiger partial charge in [-0.3, -0.25) is 14.9 Å². The molecule has 0 radical (unpaired) electrons. The lowest BCUT2D eigenvalue weighted by atomic mass is 10.1. The first kappa shape index (κ1) is 17.2. The molecule has 1 N–H and O–H groups in total. The molecule has 2 heterocycles. The minimum Gasteiger partial charge on any atom is -0.457 e. The summed E-state index contributed by atoms with van der Waals surface area (Å²) in [4.78, 5) is 36.2. The van der Waals surface area contributed by atoms with Crippen LogP contribution < -0.4 is 10.2 Å². The van der Waals surface area contributed by atoms with Gasteiger partial charge >= 0.3 is 6.03 Å². The van der Waals surface area contributed by atoms with E-state index in [9.17, 15) is 19.7 Å². The highest BCUT2D eigenvalue weighted by Crippen LogP contribution is 2.27. The normalized spacial score (nSPS) is 15.1. The lowest BCUT2D eigenvalue weighted by molar-refractivity contribution is -0.384. The van der Waals surface area contributed by atoms with E-state index in [0.717, 1.165) is 4.90 Å². The molecule has 1 aliphatic rings. The number of anilines is 1. The smallest absolute Gasteiger partial charge is 0.333 e. The van der Waals surface area contributed by atoms with Gasteiger partial charge in [0.05, 0.1) is 10.6 Å². The number of carbonyl (C=O) groups is 2. The quantitative estimate of drug-likeness (QED) is 0.322. The fourth-order valence-corrected chi connectivity index (χ4v) is 2.85. The van der Waals surface area contributed by atoms with Gasteiger partial charge in [0.25, 0.3) is 11.6 Å². The van der Waals surface area contributed by atoms with Crippen LogP contribution in [0.5, 0.6) is 0 Å². The van der Waals surface area contributed by atoms with Crippen molar-refractivity contribution in [3.8, 4) is 11.3 Å². The lowest BCUT2D eigenvalue weighted by Gasteiger charge is -2.10. The Morgan fingerprint density at radius 2 is 1.79 bits per heavy atom. The van der Waals surface area contributed by atoms with Crippen molar-refractivity contribution < 1.29 is 18.9 Å². The summed E-state index contributed by atoms with van der Waals surface area (Å²) < 4.78 is 5.67. The van der Waals surface area contributed by atoms with Crippen LogP contribution in [0, 0.1) is 10.1 Å². The van der Waals surface area contributed by atoms with Crippen LogP contribution in [0.3, 0.4) is 0 Å². The van der Waals surface area contributed by atoms with Crippen LogP contribution in [0.1, 0.15) is 5.76 Å². The molecule has 1 aromatic heterocycles. The molecular weight excluding hydrogens is 362 g/mol. The van der Waals surface area contributed by atoms with Crippen molar-refractivity contribution in [2.45, 2.75) is 0 Å². The molecule has 138 valence electrons. The van der Waals surface area contributed by atoms with E-state index in [4.69, 9.17) is 4.42 Å². The van der Waals surface area contributed by atoms with Gasteiger partial charge in [-0.2, -0.15) is 0 Å². The van der Waals surface area contributed by atoms with Crippen LogP contribution in [-0.2, 0) is 4.79 Å². The van der Waals surface area contributed by atoms with Gasteiger partial charge in [-0.15, -0.1) is 0 Å². The molecule has 0 unspecified atom stereocenters. The maximum atomic E-state index is 12.6. The van der Waals surface area contributed by atoms with Gasteiger partial charge in [0.2, 0.25) is 0 Å². The first-order valence-electron chi connectivity index (χ1n) is 8.30. The van der Waals surface area contributed by atoms with Crippen LogP contribution in [-0.4, -0.2) is 16.9 Å². The van der Waals surface area contributed by atoms with Gasteiger partial charge < -0.3 is 9.73 Å². The minimum atomic E-state index is -0.548. The predicted octanol–water partition coefficient (Wildman–Crippen LogP) is 3.95. The Morgan fingerprint density at radius 3 is 2.54 bits per heavy atom. The zero-order valence-corrected chi connectivity index (χ0v) is 14.4. The summed E-state index contributed by atoms with van der Waals surface area (Å²) in [5.74, 6) is 0.247. The number of non-ortho nitro benzene ring substituents is 1. The molecular formula is C20H13N3O5. The number of nitrogens with one attached hydrogen (secondary N) is 1. The Kier molecular flexibility index (Phi) is 4.21. The zero-order chi connectivity index (χ0) is 19.7. The molecule has 2 aromatic carbocycles.